The highest BCUT2D eigenvalue weighted by Crippen LogP contribution is 2.27. The van der Waals surface area contributed by atoms with Gasteiger partial charge in [0.2, 0.25) is 0 Å². The average Bonchev–Trinajstić information content (AvgIpc) is 2.20. The van der Waals surface area contributed by atoms with Crippen molar-refractivity contribution < 1.29 is 0 Å². The number of hydrogen-bond acceptors (Lipinski definition) is 1. The molecule has 0 bridgehead atoms. The summed E-state index contributed by atoms with van der Waals surface area (Å²) in [7, 11) is 0. The molecule has 0 heterocycles. The molecule has 0 aromatic heterocycles. The van der Waals surface area contributed by atoms with Crippen molar-refractivity contribution in [3.8, 4) is 6.07 Å². The summed E-state index contributed by atoms with van der Waals surface area (Å²) in [6.07, 6.45) is 0.541. The first kappa shape index (κ1) is 11.7. The number of alkyl halides is 1. The van der Waals surface area contributed by atoms with E-state index >= 15 is 0 Å². The quantitative estimate of drug-likeness (QED) is 0.744. The highest BCUT2D eigenvalue weighted by molar-refractivity contribution is 6.42. The Morgan fingerprint density at radius 3 is 2.64 bits per heavy atom. The van der Waals surface area contributed by atoms with Gasteiger partial charge in [0.05, 0.1) is 22.0 Å². The zero-order valence-electron chi connectivity index (χ0n) is 7.30. The van der Waals surface area contributed by atoms with Crippen molar-refractivity contribution in [2.45, 2.75) is 6.42 Å². The highest BCUT2D eigenvalue weighted by atomic mass is 35.5. The molecular formula is C10H8Cl3N. The summed E-state index contributed by atoms with van der Waals surface area (Å²) in [5.41, 5.74) is 0.867. The number of hydrogen-bond donors (Lipinski definition) is 0. The van der Waals surface area contributed by atoms with Crippen molar-refractivity contribution >= 4 is 34.8 Å². The molecule has 1 atom stereocenters. The molecule has 0 aliphatic carbocycles. The van der Waals surface area contributed by atoms with Crippen LogP contribution in [0, 0.1) is 17.2 Å². The molecule has 0 spiro atoms. The summed E-state index contributed by atoms with van der Waals surface area (Å²) in [6.45, 7) is 0. The fourth-order valence-electron chi connectivity index (χ4n) is 1.11. The summed E-state index contributed by atoms with van der Waals surface area (Å²) in [5.74, 6) is 0.0897. The van der Waals surface area contributed by atoms with Gasteiger partial charge in [0.1, 0.15) is 0 Å². The van der Waals surface area contributed by atoms with Crippen LogP contribution < -0.4 is 0 Å². The predicted octanol–water partition coefficient (Wildman–Crippen LogP) is 3.91. The van der Waals surface area contributed by atoms with Gasteiger partial charge in [-0.1, -0.05) is 35.3 Å². The van der Waals surface area contributed by atoms with Gasteiger partial charge in [-0.25, -0.2) is 0 Å². The van der Waals surface area contributed by atoms with Gasteiger partial charge in [-0.15, -0.1) is 11.6 Å². The van der Waals surface area contributed by atoms with E-state index in [4.69, 9.17) is 40.1 Å². The minimum Gasteiger partial charge on any atom is -0.198 e. The number of halogens is 3. The second kappa shape index (κ2) is 5.46. The molecule has 0 aliphatic heterocycles. The Morgan fingerprint density at radius 1 is 1.36 bits per heavy atom. The Bertz CT molecular complexity index is 357. The van der Waals surface area contributed by atoms with E-state index in [1.165, 1.54) is 0 Å². The Kier molecular flexibility index (Phi) is 4.54. The van der Waals surface area contributed by atoms with Gasteiger partial charge in [0, 0.05) is 5.88 Å². The fraction of sp³-hybridized carbons (Fsp3) is 0.300. The minimum atomic E-state index is -0.215. The van der Waals surface area contributed by atoms with E-state index in [-0.39, 0.29) is 5.92 Å². The van der Waals surface area contributed by atoms with Gasteiger partial charge in [-0.05, 0) is 18.1 Å². The molecule has 1 unspecified atom stereocenters. The van der Waals surface area contributed by atoms with Crippen LogP contribution >= 0.6 is 34.8 Å². The van der Waals surface area contributed by atoms with Gasteiger partial charge < -0.3 is 0 Å². The zero-order valence-corrected chi connectivity index (χ0v) is 9.57. The van der Waals surface area contributed by atoms with Crippen LogP contribution in [0.25, 0.3) is 0 Å². The van der Waals surface area contributed by atoms with Crippen molar-refractivity contribution in [3.05, 3.63) is 33.8 Å². The molecule has 1 rings (SSSR count). The Morgan fingerprint density at radius 2 is 2.07 bits per heavy atom. The molecule has 4 heteroatoms. The van der Waals surface area contributed by atoms with E-state index in [1.807, 2.05) is 12.1 Å². The molecule has 0 fully saturated rings. The van der Waals surface area contributed by atoms with Crippen LogP contribution in [0.5, 0.6) is 0 Å². The zero-order chi connectivity index (χ0) is 10.6. The van der Waals surface area contributed by atoms with Crippen molar-refractivity contribution in [1.29, 1.82) is 5.26 Å². The van der Waals surface area contributed by atoms with E-state index in [0.29, 0.717) is 22.3 Å². The molecule has 0 N–H and O–H groups in total. The summed E-state index contributed by atoms with van der Waals surface area (Å²) in [5, 5.41) is 9.76. The van der Waals surface area contributed by atoms with Crippen molar-refractivity contribution in [2.24, 2.45) is 5.92 Å². The molecule has 0 saturated carbocycles. The number of nitriles is 1. The van der Waals surface area contributed by atoms with Crippen LogP contribution in [-0.2, 0) is 6.42 Å². The Labute approximate surface area is 98.2 Å². The van der Waals surface area contributed by atoms with Crippen LogP contribution in [0.15, 0.2) is 18.2 Å². The summed E-state index contributed by atoms with van der Waals surface area (Å²) in [6, 6.07) is 7.49. The standard InChI is InChI=1S/C10H8Cl3N/c11-5-7(6-14)4-8-2-1-3-9(12)10(8)13/h1-3,7H,4-5H2. The molecule has 0 amide bonds. The monoisotopic (exact) mass is 247 g/mol. The van der Waals surface area contributed by atoms with Crippen LogP contribution in [0.4, 0.5) is 0 Å². The largest absolute Gasteiger partial charge is 0.198 e. The molecule has 0 saturated heterocycles. The lowest BCUT2D eigenvalue weighted by Crippen LogP contribution is -2.03. The third-order valence-electron chi connectivity index (χ3n) is 1.87. The maximum absolute atomic E-state index is 8.74. The van der Waals surface area contributed by atoms with Crippen molar-refractivity contribution in [3.63, 3.8) is 0 Å². The third kappa shape index (κ3) is 2.78. The first-order valence-electron chi connectivity index (χ1n) is 4.07. The molecule has 14 heavy (non-hydrogen) atoms. The SMILES string of the molecule is N#CC(CCl)Cc1cccc(Cl)c1Cl. The van der Waals surface area contributed by atoms with Crippen LogP contribution in [-0.4, -0.2) is 5.88 Å². The lowest BCUT2D eigenvalue weighted by molar-refractivity contribution is 0.747. The average molecular weight is 249 g/mol. The molecule has 0 radical (unpaired) electrons. The van der Waals surface area contributed by atoms with E-state index < -0.39 is 0 Å². The molecule has 1 aromatic rings. The van der Waals surface area contributed by atoms with E-state index in [2.05, 4.69) is 6.07 Å². The smallest absolute Gasteiger partial charge is 0.0671 e. The predicted molar refractivity (Wildman–Crippen MR) is 60.0 cm³/mol. The lowest BCUT2D eigenvalue weighted by atomic mass is 10.0. The van der Waals surface area contributed by atoms with E-state index in [0.717, 1.165) is 5.56 Å². The normalized spacial score (nSPS) is 12.1. The second-order valence-corrected chi connectivity index (χ2v) is 3.99. The summed E-state index contributed by atoms with van der Waals surface area (Å²) >= 11 is 17.4. The van der Waals surface area contributed by atoms with Crippen LogP contribution in [0.2, 0.25) is 10.0 Å². The first-order chi connectivity index (χ1) is 6.69. The maximum atomic E-state index is 8.74. The number of rotatable bonds is 3. The van der Waals surface area contributed by atoms with Crippen molar-refractivity contribution in [2.75, 3.05) is 5.88 Å². The van der Waals surface area contributed by atoms with E-state index in [9.17, 15) is 0 Å². The topological polar surface area (TPSA) is 23.8 Å². The minimum absolute atomic E-state index is 0.215. The lowest BCUT2D eigenvalue weighted by Gasteiger charge is -2.07. The molecule has 1 nitrogen and oxygen atoms in total. The van der Waals surface area contributed by atoms with Gasteiger partial charge in [0.15, 0.2) is 0 Å². The highest BCUT2D eigenvalue weighted by Gasteiger charge is 2.11. The Hall–Kier alpha value is -0.420. The van der Waals surface area contributed by atoms with Gasteiger partial charge >= 0.3 is 0 Å². The summed E-state index contributed by atoms with van der Waals surface area (Å²) in [4.78, 5) is 0. The van der Waals surface area contributed by atoms with Crippen molar-refractivity contribution in [1.82, 2.24) is 0 Å². The first-order valence-corrected chi connectivity index (χ1v) is 5.36. The second-order valence-electron chi connectivity index (χ2n) is 2.90. The summed E-state index contributed by atoms with van der Waals surface area (Å²) < 4.78 is 0. The number of benzene rings is 1. The molecular weight excluding hydrogens is 240 g/mol. The van der Waals surface area contributed by atoms with Gasteiger partial charge in [-0.3, -0.25) is 0 Å². The maximum Gasteiger partial charge on any atom is 0.0671 e. The molecule has 0 aliphatic rings. The van der Waals surface area contributed by atoms with Crippen LogP contribution in [0.1, 0.15) is 5.56 Å². The third-order valence-corrected chi connectivity index (χ3v) is 3.10. The fourth-order valence-corrected chi connectivity index (χ4v) is 1.68. The van der Waals surface area contributed by atoms with Gasteiger partial charge in [-0.2, -0.15) is 5.26 Å². The Balaban J connectivity index is 2.87. The molecule has 74 valence electrons. The van der Waals surface area contributed by atoms with Gasteiger partial charge in [0.25, 0.3) is 0 Å². The van der Waals surface area contributed by atoms with Crippen LogP contribution in [0.3, 0.4) is 0 Å². The van der Waals surface area contributed by atoms with E-state index in [1.54, 1.807) is 6.07 Å². The molecule has 1 aromatic carbocycles. The number of nitrogens with zero attached hydrogens (tertiary/aromatic N) is 1.